The van der Waals surface area contributed by atoms with Crippen LogP contribution in [0, 0.1) is 0 Å². The van der Waals surface area contributed by atoms with Crippen molar-refractivity contribution < 1.29 is 9.63 Å². The molecule has 0 amide bonds. The van der Waals surface area contributed by atoms with Gasteiger partial charge in [0.1, 0.15) is 0 Å². The van der Waals surface area contributed by atoms with E-state index in [0.717, 1.165) is 5.56 Å². The van der Waals surface area contributed by atoms with E-state index in [9.17, 15) is 5.11 Å². The van der Waals surface area contributed by atoms with Crippen molar-refractivity contribution in [2.45, 2.75) is 19.4 Å². The summed E-state index contributed by atoms with van der Waals surface area (Å²) in [5.41, 5.74) is 1.58. The Morgan fingerprint density at radius 2 is 2.06 bits per heavy atom. The van der Waals surface area contributed by atoms with Crippen LogP contribution in [0.1, 0.15) is 25.0 Å². The first-order chi connectivity index (χ1) is 7.72. The van der Waals surface area contributed by atoms with E-state index in [1.807, 2.05) is 19.1 Å². The Kier molecular flexibility index (Phi) is 3.27. The van der Waals surface area contributed by atoms with Gasteiger partial charge in [0.15, 0.2) is 5.76 Å². The Labute approximate surface area is 98.6 Å². The molecule has 1 unspecified atom stereocenters. The zero-order valence-corrected chi connectivity index (χ0v) is 9.61. The molecular formula is C12H12ClNO2. The molecule has 1 atom stereocenters. The third kappa shape index (κ3) is 2.10. The van der Waals surface area contributed by atoms with Crippen LogP contribution in [0.15, 0.2) is 35.0 Å². The standard InChI is InChI=1S/C12H12ClNO2/c1-2-11(15)10-7-14-16-12(10)8-3-5-9(13)6-4-8/h3-7,11,15H,2H2,1H3. The van der Waals surface area contributed by atoms with Crippen LogP contribution in [0.25, 0.3) is 11.3 Å². The zero-order chi connectivity index (χ0) is 11.5. The summed E-state index contributed by atoms with van der Waals surface area (Å²) in [6, 6.07) is 7.24. The van der Waals surface area contributed by atoms with Crippen LogP contribution >= 0.6 is 11.6 Å². The van der Waals surface area contributed by atoms with Crippen molar-refractivity contribution in [2.24, 2.45) is 0 Å². The average Bonchev–Trinajstić information content (AvgIpc) is 2.78. The van der Waals surface area contributed by atoms with Crippen molar-refractivity contribution in [3.8, 4) is 11.3 Å². The first kappa shape index (κ1) is 11.2. The fraction of sp³-hybridized carbons (Fsp3) is 0.250. The van der Waals surface area contributed by atoms with Crippen molar-refractivity contribution in [1.29, 1.82) is 0 Å². The van der Waals surface area contributed by atoms with Crippen LogP contribution in [-0.2, 0) is 0 Å². The minimum Gasteiger partial charge on any atom is -0.388 e. The van der Waals surface area contributed by atoms with Gasteiger partial charge in [0.2, 0.25) is 0 Å². The number of hydrogen-bond acceptors (Lipinski definition) is 3. The van der Waals surface area contributed by atoms with Crippen LogP contribution in [0.5, 0.6) is 0 Å². The van der Waals surface area contributed by atoms with Crippen molar-refractivity contribution in [1.82, 2.24) is 5.16 Å². The molecule has 16 heavy (non-hydrogen) atoms. The molecule has 0 bridgehead atoms. The number of rotatable bonds is 3. The summed E-state index contributed by atoms with van der Waals surface area (Å²) in [6.07, 6.45) is 1.64. The number of aliphatic hydroxyl groups excluding tert-OH is 1. The second-order valence-corrected chi connectivity index (χ2v) is 3.98. The highest BCUT2D eigenvalue weighted by Gasteiger charge is 2.16. The summed E-state index contributed by atoms with van der Waals surface area (Å²) in [5.74, 6) is 0.603. The fourth-order valence-corrected chi connectivity index (χ4v) is 1.65. The number of nitrogens with zero attached hydrogens (tertiary/aromatic N) is 1. The molecule has 4 heteroatoms. The van der Waals surface area contributed by atoms with Crippen molar-refractivity contribution >= 4 is 11.6 Å². The predicted molar refractivity (Wildman–Crippen MR) is 62.2 cm³/mol. The largest absolute Gasteiger partial charge is 0.388 e. The Morgan fingerprint density at radius 1 is 1.38 bits per heavy atom. The Balaban J connectivity index is 2.40. The van der Waals surface area contributed by atoms with Gasteiger partial charge < -0.3 is 9.63 Å². The SMILES string of the molecule is CCC(O)c1cnoc1-c1ccc(Cl)cc1. The number of aliphatic hydroxyl groups is 1. The molecule has 1 aromatic heterocycles. The fourth-order valence-electron chi connectivity index (χ4n) is 1.53. The topological polar surface area (TPSA) is 46.3 Å². The maximum absolute atomic E-state index is 9.79. The van der Waals surface area contributed by atoms with Crippen molar-refractivity contribution in [2.75, 3.05) is 0 Å². The van der Waals surface area contributed by atoms with E-state index < -0.39 is 6.10 Å². The van der Waals surface area contributed by atoms with E-state index in [1.165, 1.54) is 0 Å². The normalized spacial score (nSPS) is 12.7. The molecule has 1 heterocycles. The van der Waals surface area contributed by atoms with Gasteiger partial charge in [-0.25, -0.2) is 0 Å². The van der Waals surface area contributed by atoms with Gasteiger partial charge in [-0.05, 0) is 30.7 Å². The van der Waals surface area contributed by atoms with Crippen LogP contribution in [0.2, 0.25) is 5.02 Å². The second kappa shape index (κ2) is 4.68. The van der Waals surface area contributed by atoms with E-state index in [-0.39, 0.29) is 0 Å². The first-order valence-electron chi connectivity index (χ1n) is 5.11. The molecule has 84 valence electrons. The highest BCUT2D eigenvalue weighted by molar-refractivity contribution is 6.30. The van der Waals surface area contributed by atoms with Gasteiger partial charge in [0.25, 0.3) is 0 Å². The summed E-state index contributed by atoms with van der Waals surface area (Å²) in [5, 5.41) is 14.2. The Bertz CT molecular complexity index is 464. The minimum absolute atomic E-state index is 0.545. The van der Waals surface area contributed by atoms with Gasteiger partial charge in [-0.3, -0.25) is 0 Å². The molecule has 0 saturated heterocycles. The first-order valence-corrected chi connectivity index (χ1v) is 5.48. The molecule has 0 radical (unpaired) electrons. The predicted octanol–water partition coefficient (Wildman–Crippen LogP) is 3.44. The molecule has 2 rings (SSSR count). The molecule has 1 aromatic carbocycles. The van der Waals surface area contributed by atoms with Gasteiger partial charge >= 0.3 is 0 Å². The number of aromatic nitrogens is 1. The second-order valence-electron chi connectivity index (χ2n) is 3.54. The van der Waals surface area contributed by atoms with Gasteiger partial charge in [0.05, 0.1) is 12.3 Å². The van der Waals surface area contributed by atoms with Crippen molar-refractivity contribution in [3.05, 3.63) is 41.0 Å². The number of hydrogen-bond donors (Lipinski definition) is 1. The van der Waals surface area contributed by atoms with Gasteiger partial charge in [0, 0.05) is 16.1 Å². The van der Waals surface area contributed by atoms with Crippen LogP contribution in [0.4, 0.5) is 0 Å². The summed E-state index contributed by atoms with van der Waals surface area (Å²) >= 11 is 5.81. The lowest BCUT2D eigenvalue weighted by atomic mass is 10.0. The van der Waals surface area contributed by atoms with E-state index in [2.05, 4.69) is 5.16 Å². The maximum Gasteiger partial charge on any atom is 0.172 e. The van der Waals surface area contributed by atoms with E-state index >= 15 is 0 Å². The summed E-state index contributed by atoms with van der Waals surface area (Å²) in [6.45, 7) is 1.91. The molecule has 1 N–H and O–H groups in total. The quantitative estimate of drug-likeness (QED) is 0.890. The Morgan fingerprint density at radius 3 is 2.69 bits per heavy atom. The lowest BCUT2D eigenvalue weighted by Crippen LogP contribution is -1.94. The lowest BCUT2D eigenvalue weighted by Gasteiger charge is -2.06. The summed E-state index contributed by atoms with van der Waals surface area (Å²) < 4.78 is 5.16. The maximum atomic E-state index is 9.79. The smallest absolute Gasteiger partial charge is 0.172 e. The minimum atomic E-state index is -0.545. The molecule has 0 spiro atoms. The monoisotopic (exact) mass is 237 g/mol. The van der Waals surface area contributed by atoms with Crippen LogP contribution in [0.3, 0.4) is 0 Å². The van der Waals surface area contributed by atoms with Gasteiger partial charge in [-0.1, -0.05) is 23.7 Å². The lowest BCUT2D eigenvalue weighted by molar-refractivity contribution is 0.173. The summed E-state index contributed by atoms with van der Waals surface area (Å²) in [4.78, 5) is 0. The highest BCUT2D eigenvalue weighted by atomic mass is 35.5. The third-order valence-corrected chi connectivity index (χ3v) is 2.70. The molecule has 0 aliphatic carbocycles. The van der Waals surface area contributed by atoms with Gasteiger partial charge in [-0.15, -0.1) is 0 Å². The zero-order valence-electron chi connectivity index (χ0n) is 8.85. The van der Waals surface area contributed by atoms with E-state index in [0.29, 0.717) is 22.8 Å². The average molecular weight is 238 g/mol. The van der Waals surface area contributed by atoms with Crippen LogP contribution in [-0.4, -0.2) is 10.3 Å². The summed E-state index contributed by atoms with van der Waals surface area (Å²) in [7, 11) is 0. The van der Waals surface area contributed by atoms with Gasteiger partial charge in [-0.2, -0.15) is 0 Å². The number of halogens is 1. The Hall–Kier alpha value is -1.32. The van der Waals surface area contributed by atoms with E-state index in [4.69, 9.17) is 16.1 Å². The highest BCUT2D eigenvalue weighted by Crippen LogP contribution is 2.30. The molecule has 2 aromatic rings. The molecule has 0 saturated carbocycles. The van der Waals surface area contributed by atoms with Crippen LogP contribution < -0.4 is 0 Å². The molecule has 0 aliphatic heterocycles. The van der Waals surface area contributed by atoms with Crippen molar-refractivity contribution in [3.63, 3.8) is 0 Å². The molecule has 3 nitrogen and oxygen atoms in total. The van der Waals surface area contributed by atoms with E-state index in [1.54, 1.807) is 18.3 Å². The third-order valence-electron chi connectivity index (χ3n) is 2.45. The molecular weight excluding hydrogens is 226 g/mol. The number of benzene rings is 1. The molecule has 0 aliphatic rings. The molecule has 0 fully saturated rings.